The second-order valence-electron chi connectivity index (χ2n) is 5.86. The summed E-state index contributed by atoms with van der Waals surface area (Å²) in [6.07, 6.45) is 1.73. The van der Waals surface area contributed by atoms with E-state index in [2.05, 4.69) is 10.6 Å². The highest BCUT2D eigenvalue weighted by atomic mass is 16.2. The van der Waals surface area contributed by atoms with E-state index in [1.807, 2.05) is 0 Å². The molecule has 8 nitrogen and oxygen atoms in total. The minimum Gasteiger partial charge on any atom is -0.344 e. The van der Waals surface area contributed by atoms with E-state index in [1.165, 1.54) is 7.05 Å². The molecule has 0 radical (unpaired) electrons. The van der Waals surface area contributed by atoms with Crippen LogP contribution in [0, 0.1) is 0 Å². The maximum atomic E-state index is 12.3. The summed E-state index contributed by atoms with van der Waals surface area (Å²) in [4.78, 5) is 50.0. The number of likely N-dealkylation sites (N-methyl/N-ethyl adjacent to an activating group) is 1. The van der Waals surface area contributed by atoms with Crippen molar-refractivity contribution in [1.82, 2.24) is 20.4 Å². The van der Waals surface area contributed by atoms with Crippen molar-refractivity contribution in [3.63, 3.8) is 0 Å². The van der Waals surface area contributed by atoms with Gasteiger partial charge in [0, 0.05) is 26.6 Å². The van der Waals surface area contributed by atoms with Gasteiger partial charge in [-0.15, -0.1) is 0 Å². The third-order valence-electron chi connectivity index (χ3n) is 4.59. The van der Waals surface area contributed by atoms with Crippen LogP contribution in [0.2, 0.25) is 0 Å². The van der Waals surface area contributed by atoms with Crippen LogP contribution >= 0.6 is 0 Å². The molecule has 0 aromatic heterocycles. The molecule has 3 heterocycles. The molecule has 0 bridgehead atoms. The van der Waals surface area contributed by atoms with Crippen LogP contribution < -0.4 is 10.6 Å². The van der Waals surface area contributed by atoms with Crippen molar-refractivity contribution in [3.8, 4) is 0 Å². The van der Waals surface area contributed by atoms with E-state index in [0.29, 0.717) is 38.8 Å². The lowest BCUT2D eigenvalue weighted by molar-refractivity contribution is -0.139. The minimum absolute atomic E-state index is 0.0957. The fourth-order valence-electron chi connectivity index (χ4n) is 3.22. The number of nitrogens with zero attached hydrogens (tertiary/aromatic N) is 2. The first-order chi connectivity index (χ1) is 9.93. The highest BCUT2D eigenvalue weighted by Gasteiger charge is 2.51. The van der Waals surface area contributed by atoms with E-state index in [1.54, 1.807) is 4.90 Å². The zero-order valence-corrected chi connectivity index (χ0v) is 11.8. The number of piperidine rings is 1. The highest BCUT2D eigenvalue weighted by Crippen LogP contribution is 2.29. The molecule has 8 heteroatoms. The fourth-order valence-corrected chi connectivity index (χ4v) is 3.22. The first kappa shape index (κ1) is 13.8. The van der Waals surface area contributed by atoms with Crippen LogP contribution in [0.3, 0.4) is 0 Å². The monoisotopic (exact) mass is 294 g/mol. The number of hydrogen-bond donors (Lipinski definition) is 2. The molecule has 1 unspecified atom stereocenters. The predicted molar refractivity (Wildman–Crippen MR) is 71.0 cm³/mol. The van der Waals surface area contributed by atoms with E-state index >= 15 is 0 Å². The Labute approximate surface area is 121 Å². The average molecular weight is 294 g/mol. The van der Waals surface area contributed by atoms with Crippen molar-refractivity contribution in [2.45, 2.75) is 37.3 Å². The first-order valence-corrected chi connectivity index (χ1v) is 7.11. The van der Waals surface area contributed by atoms with E-state index in [-0.39, 0.29) is 23.8 Å². The Kier molecular flexibility index (Phi) is 3.11. The van der Waals surface area contributed by atoms with Crippen LogP contribution in [0.5, 0.6) is 0 Å². The Morgan fingerprint density at radius 2 is 1.90 bits per heavy atom. The number of nitrogens with one attached hydrogen (secondary N) is 2. The average Bonchev–Trinajstić information content (AvgIpc) is 2.99. The molecule has 1 atom stereocenters. The molecule has 3 rings (SSSR count). The smallest absolute Gasteiger partial charge is 0.324 e. The number of carbonyl (C=O) groups is 4. The summed E-state index contributed by atoms with van der Waals surface area (Å²) < 4.78 is 0. The van der Waals surface area contributed by atoms with Crippen LogP contribution in [0.1, 0.15) is 25.7 Å². The molecule has 21 heavy (non-hydrogen) atoms. The molecule has 3 aliphatic heterocycles. The zero-order valence-electron chi connectivity index (χ0n) is 11.8. The van der Waals surface area contributed by atoms with Gasteiger partial charge in [-0.25, -0.2) is 4.79 Å². The maximum Gasteiger partial charge on any atom is 0.324 e. The third-order valence-corrected chi connectivity index (χ3v) is 4.59. The molecule has 5 amide bonds. The van der Waals surface area contributed by atoms with Gasteiger partial charge >= 0.3 is 6.03 Å². The SMILES string of the molecule is CN1C(=O)NC2(CCN(C(=O)C3CCC(=O)N3)CC2)C1=O. The minimum atomic E-state index is -0.860. The molecule has 3 saturated heterocycles. The largest absolute Gasteiger partial charge is 0.344 e. The van der Waals surface area contributed by atoms with Crippen LogP contribution in [-0.4, -0.2) is 65.3 Å². The summed E-state index contributed by atoms with van der Waals surface area (Å²) in [5, 5.41) is 5.39. The Bertz CT molecular complexity index is 524. The summed E-state index contributed by atoms with van der Waals surface area (Å²) in [7, 11) is 1.46. The number of imide groups is 1. The van der Waals surface area contributed by atoms with Crippen molar-refractivity contribution >= 4 is 23.8 Å². The van der Waals surface area contributed by atoms with E-state index < -0.39 is 11.6 Å². The normalized spacial score (nSPS) is 28.0. The van der Waals surface area contributed by atoms with Gasteiger partial charge in [0.25, 0.3) is 5.91 Å². The van der Waals surface area contributed by atoms with Crippen LogP contribution in [0.25, 0.3) is 0 Å². The Balaban J connectivity index is 1.63. The van der Waals surface area contributed by atoms with E-state index in [0.717, 1.165) is 4.90 Å². The summed E-state index contributed by atoms with van der Waals surface area (Å²) in [6, 6.07) is -0.828. The molecule has 2 N–H and O–H groups in total. The lowest BCUT2D eigenvalue weighted by Gasteiger charge is -2.38. The van der Waals surface area contributed by atoms with Crippen molar-refractivity contribution < 1.29 is 19.2 Å². The second kappa shape index (κ2) is 4.71. The third kappa shape index (κ3) is 2.14. The Hall–Kier alpha value is -2.12. The van der Waals surface area contributed by atoms with E-state index in [9.17, 15) is 19.2 Å². The second-order valence-corrected chi connectivity index (χ2v) is 5.86. The Morgan fingerprint density at radius 1 is 1.24 bits per heavy atom. The van der Waals surface area contributed by atoms with Gasteiger partial charge in [-0.2, -0.15) is 0 Å². The molecular weight excluding hydrogens is 276 g/mol. The maximum absolute atomic E-state index is 12.3. The number of hydrogen-bond acceptors (Lipinski definition) is 4. The van der Waals surface area contributed by atoms with Crippen molar-refractivity contribution in [2.24, 2.45) is 0 Å². The molecule has 3 aliphatic rings. The predicted octanol–water partition coefficient (Wildman–Crippen LogP) is -1.19. The standard InChI is InChI=1S/C13H18N4O4/c1-16-11(20)13(15-12(16)21)4-6-17(7-5-13)10(19)8-2-3-9(18)14-8/h8H,2-7H2,1H3,(H,14,18)(H,15,21). The molecule has 0 aromatic carbocycles. The van der Waals surface area contributed by atoms with Gasteiger partial charge in [0.05, 0.1) is 0 Å². The molecule has 114 valence electrons. The number of carbonyl (C=O) groups excluding carboxylic acids is 4. The molecule has 3 fully saturated rings. The number of urea groups is 1. The quantitative estimate of drug-likeness (QED) is 0.594. The lowest BCUT2D eigenvalue weighted by atomic mass is 9.87. The highest BCUT2D eigenvalue weighted by molar-refractivity contribution is 6.07. The van der Waals surface area contributed by atoms with Gasteiger partial charge in [-0.05, 0) is 19.3 Å². The van der Waals surface area contributed by atoms with Gasteiger partial charge in [0.15, 0.2) is 0 Å². The topological polar surface area (TPSA) is 98.8 Å². The number of likely N-dealkylation sites (tertiary alicyclic amines) is 1. The molecular formula is C13H18N4O4. The summed E-state index contributed by atoms with van der Waals surface area (Å²) >= 11 is 0. The van der Waals surface area contributed by atoms with Gasteiger partial charge in [-0.1, -0.05) is 0 Å². The first-order valence-electron chi connectivity index (χ1n) is 7.11. The van der Waals surface area contributed by atoms with Crippen molar-refractivity contribution in [3.05, 3.63) is 0 Å². The number of amides is 5. The van der Waals surface area contributed by atoms with Gasteiger partial charge in [-0.3, -0.25) is 19.3 Å². The van der Waals surface area contributed by atoms with Crippen molar-refractivity contribution in [1.29, 1.82) is 0 Å². The van der Waals surface area contributed by atoms with Gasteiger partial charge < -0.3 is 15.5 Å². The molecule has 0 saturated carbocycles. The Morgan fingerprint density at radius 3 is 2.38 bits per heavy atom. The summed E-state index contributed by atoms with van der Waals surface area (Å²) in [6.45, 7) is 0.816. The zero-order chi connectivity index (χ0) is 15.2. The molecule has 0 aliphatic carbocycles. The van der Waals surface area contributed by atoms with E-state index in [4.69, 9.17) is 0 Å². The van der Waals surface area contributed by atoms with Gasteiger partial charge in [0.2, 0.25) is 11.8 Å². The van der Waals surface area contributed by atoms with Crippen LogP contribution in [0.15, 0.2) is 0 Å². The molecule has 1 spiro atoms. The number of rotatable bonds is 1. The summed E-state index contributed by atoms with van der Waals surface area (Å²) in [5.41, 5.74) is -0.860. The molecule has 0 aromatic rings. The summed E-state index contributed by atoms with van der Waals surface area (Å²) in [5.74, 6) is -0.420. The lowest BCUT2D eigenvalue weighted by Crippen LogP contribution is -2.57. The van der Waals surface area contributed by atoms with Gasteiger partial charge in [0.1, 0.15) is 11.6 Å². The van der Waals surface area contributed by atoms with Crippen molar-refractivity contribution in [2.75, 3.05) is 20.1 Å². The van der Waals surface area contributed by atoms with Crippen LogP contribution in [0.4, 0.5) is 4.79 Å². The fraction of sp³-hybridized carbons (Fsp3) is 0.692. The van der Waals surface area contributed by atoms with Crippen LogP contribution in [-0.2, 0) is 14.4 Å².